The van der Waals surface area contributed by atoms with Crippen LogP contribution in [-0.2, 0) is 10.3 Å². The van der Waals surface area contributed by atoms with Crippen LogP contribution in [0.15, 0.2) is 0 Å². The number of ether oxygens (including phenoxy) is 1. The summed E-state index contributed by atoms with van der Waals surface area (Å²) in [6.45, 7) is 8.41. The van der Waals surface area contributed by atoms with Crippen LogP contribution in [0, 0.1) is 12.3 Å². The van der Waals surface area contributed by atoms with E-state index >= 15 is 0 Å². The predicted molar refractivity (Wildman–Crippen MR) is 78.4 cm³/mol. The molecule has 0 amide bonds. The van der Waals surface area contributed by atoms with Crippen molar-refractivity contribution in [2.45, 2.75) is 65.1 Å². The van der Waals surface area contributed by atoms with Crippen molar-refractivity contribution in [2.24, 2.45) is 5.41 Å². The summed E-state index contributed by atoms with van der Waals surface area (Å²) in [7, 11) is 1.79. The van der Waals surface area contributed by atoms with Gasteiger partial charge >= 0.3 is 0 Å². The number of aryl methyl sites for hydroxylation is 1. The van der Waals surface area contributed by atoms with E-state index < -0.39 is 6.10 Å². The summed E-state index contributed by atoms with van der Waals surface area (Å²) in [6.07, 6.45) is 3.90. The van der Waals surface area contributed by atoms with Gasteiger partial charge in [-0.3, -0.25) is 0 Å². The summed E-state index contributed by atoms with van der Waals surface area (Å²) < 4.78 is 5.87. The van der Waals surface area contributed by atoms with Crippen LogP contribution in [0.5, 0.6) is 0 Å². The van der Waals surface area contributed by atoms with Crippen LogP contribution in [-0.4, -0.2) is 17.2 Å². The molecule has 0 aliphatic heterocycles. The fourth-order valence-electron chi connectivity index (χ4n) is 2.83. The molecule has 1 N–H and O–H groups in total. The van der Waals surface area contributed by atoms with Crippen LogP contribution < -0.4 is 0 Å². The van der Waals surface area contributed by atoms with Gasteiger partial charge in [0.05, 0.1) is 16.7 Å². The van der Waals surface area contributed by atoms with E-state index in [-0.39, 0.29) is 5.60 Å². The van der Waals surface area contributed by atoms with Gasteiger partial charge in [-0.2, -0.15) is 0 Å². The fourth-order valence-corrected chi connectivity index (χ4v) is 4.05. The highest BCUT2D eigenvalue weighted by Crippen LogP contribution is 2.48. The first-order chi connectivity index (χ1) is 8.80. The molecule has 0 spiro atoms. The Morgan fingerprint density at radius 3 is 2.26 bits per heavy atom. The lowest BCUT2D eigenvalue weighted by Crippen LogP contribution is -2.36. The van der Waals surface area contributed by atoms with E-state index in [9.17, 15) is 5.11 Å². The predicted octanol–water partition coefficient (Wildman–Crippen LogP) is 3.95. The molecule has 0 saturated heterocycles. The molecule has 4 heteroatoms. The molecule has 1 saturated carbocycles. The standard InChI is InChI=1S/C15H25NO2S/c1-10-12(11(2)17)19-13(16-10)15(18-5)8-6-14(3,4)7-9-15/h11,17H,6-9H2,1-5H3. The van der Waals surface area contributed by atoms with Crippen LogP contribution in [0.2, 0.25) is 0 Å². The first-order valence-corrected chi connectivity index (χ1v) is 7.82. The molecule has 0 bridgehead atoms. The number of methoxy groups -OCH3 is 1. The quantitative estimate of drug-likeness (QED) is 0.913. The van der Waals surface area contributed by atoms with Crippen molar-refractivity contribution in [1.82, 2.24) is 4.98 Å². The van der Waals surface area contributed by atoms with E-state index in [0.717, 1.165) is 41.3 Å². The zero-order chi connectivity index (χ0) is 14.3. The van der Waals surface area contributed by atoms with E-state index in [1.54, 1.807) is 25.4 Å². The van der Waals surface area contributed by atoms with Gasteiger partial charge in [-0.05, 0) is 44.9 Å². The number of aliphatic hydroxyl groups is 1. The Labute approximate surface area is 120 Å². The highest BCUT2D eigenvalue weighted by atomic mass is 32.1. The average molecular weight is 283 g/mol. The van der Waals surface area contributed by atoms with Crippen molar-refractivity contribution in [3.8, 4) is 0 Å². The lowest BCUT2D eigenvalue weighted by molar-refractivity contribution is -0.0668. The largest absolute Gasteiger partial charge is 0.388 e. The maximum Gasteiger partial charge on any atom is 0.125 e. The summed E-state index contributed by atoms with van der Waals surface area (Å²) in [5.74, 6) is 0. The summed E-state index contributed by atoms with van der Waals surface area (Å²) in [4.78, 5) is 5.65. The molecule has 1 atom stereocenters. The molecular weight excluding hydrogens is 258 g/mol. The average Bonchev–Trinajstić information content (AvgIpc) is 2.73. The van der Waals surface area contributed by atoms with Crippen LogP contribution in [0.4, 0.5) is 0 Å². The smallest absolute Gasteiger partial charge is 0.125 e. The molecule has 108 valence electrons. The van der Waals surface area contributed by atoms with Crippen molar-refractivity contribution in [1.29, 1.82) is 0 Å². The first-order valence-electron chi connectivity index (χ1n) is 7.01. The van der Waals surface area contributed by atoms with Crippen molar-refractivity contribution >= 4 is 11.3 Å². The molecule has 1 unspecified atom stereocenters. The molecule has 3 nitrogen and oxygen atoms in total. The van der Waals surface area contributed by atoms with E-state index in [4.69, 9.17) is 4.74 Å². The van der Waals surface area contributed by atoms with Gasteiger partial charge in [0.1, 0.15) is 10.6 Å². The van der Waals surface area contributed by atoms with Gasteiger partial charge in [-0.1, -0.05) is 13.8 Å². The molecule has 1 aromatic rings. The minimum absolute atomic E-state index is 0.238. The molecule has 1 heterocycles. The Morgan fingerprint density at radius 2 is 1.84 bits per heavy atom. The number of nitrogens with zero attached hydrogens (tertiary/aromatic N) is 1. The van der Waals surface area contributed by atoms with Crippen LogP contribution >= 0.6 is 11.3 Å². The third-order valence-corrected chi connectivity index (χ3v) is 5.92. The molecule has 1 aliphatic carbocycles. The second-order valence-electron chi connectivity index (χ2n) is 6.51. The molecule has 1 aromatic heterocycles. The number of aliphatic hydroxyl groups excluding tert-OH is 1. The van der Waals surface area contributed by atoms with Gasteiger partial charge in [0.15, 0.2) is 0 Å². The third kappa shape index (κ3) is 2.86. The summed E-state index contributed by atoms with van der Waals surface area (Å²) in [5, 5.41) is 10.8. The summed E-state index contributed by atoms with van der Waals surface area (Å²) >= 11 is 1.61. The van der Waals surface area contributed by atoms with E-state index in [2.05, 4.69) is 18.8 Å². The number of aromatic nitrogens is 1. The molecule has 1 fully saturated rings. The number of rotatable bonds is 3. The molecule has 2 rings (SSSR count). The summed E-state index contributed by atoms with van der Waals surface area (Å²) in [5.41, 5.74) is 1.11. The molecule has 0 aromatic carbocycles. The number of hydrogen-bond donors (Lipinski definition) is 1. The molecule has 0 radical (unpaired) electrons. The van der Waals surface area contributed by atoms with Crippen LogP contribution in [0.3, 0.4) is 0 Å². The molecule has 1 aliphatic rings. The second kappa shape index (κ2) is 5.15. The minimum atomic E-state index is -0.444. The van der Waals surface area contributed by atoms with Crippen molar-refractivity contribution in [2.75, 3.05) is 7.11 Å². The first kappa shape index (κ1) is 14.9. The second-order valence-corrected chi connectivity index (χ2v) is 7.54. The molecule has 19 heavy (non-hydrogen) atoms. The monoisotopic (exact) mass is 283 g/mol. The van der Waals surface area contributed by atoms with Crippen molar-refractivity contribution in [3.63, 3.8) is 0 Å². The Bertz CT molecular complexity index is 441. The lowest BCUT2D eigenvalue weighted by Gasteiger charge is -2.41. The Morgan fingerprint density at radius 1 is 1.26 bits per heavy atom. The highest BCUT2D eigenvalue weighted by Gasteiger charge is 2.42. The number of hydrogen-bond acceptors (Lipinski definition) is 4. The maximum absolute atomic E-state index is 9.79. The normalized spacial score (nSPS) is 23.3. The van der Waals surface area contributed by atoms with Gasteiger partial charge < -0.3 is 9.84 Å². The highest BCUT2D eigenvalue weighted by molar-refractivity contribution is 7.12. The van der Waals surface area contributed by atoms with E-state index in [1.807, 2.05) is 6.92 Å². The van der Waals surface area contributed by atoms with Crippen molar-refractivity contribution < 1.29 is 9.84 Å². The SMILES string of the molecule is COC1(c2nc(C)c(C(C)O)s2)CCC(C)(C)CC1. The number of thiazole rings is 1. The third-order valence-electron chi connectivity index (χ3n) is 4.40. The molecular formula is C15H25NO2S. The lowest BCUT2D eigenvalue weighted by atomic mass is 9.71. The van der Waals surface area contributed by atoms with Gasteiger partial charge in [-0.15, -0.1) is 11.3 Å². The van der Waals surface area contributed by atoms with Gasteiger partial charge in [-0.25, -0.2) is 4.98 Å². The minimum Gasteiger partial charge on any atom is -0.388 e. The van der Waals surface area contributed by atoms with E-state index in [1.165, 1.54) is 0 Å². The van der Waals surface area contributed by atoms with Crippen molar-refractivity contribution in [3.05, 3.63) is 15.6 Å². The Kier molecular flexibility index (Phi) is 4.05. The van der Waals surface area contributed by atoms with E-state index in [0.29, 0.717) is 5.41 Å². The van der Waals surface area contributed by atoms with Gasteiger partial charge in [0, 0.05) is 7.11 Å². The van der Waals surface area contributed by atoms with Gasteiger partial charge in [0.25, 0.3) is 0 Å². The van der Waals surface area contributed by atoms with Crippen LogP contribution in [0.1, 0.15) is 68.1 Å². The fraction of sp³-hybridized carbons (Fsp3) is 0.800. The Hall–Kier alpha value is -0.450. The van der Waals surface area contributed by atoms with Crippen LogP contribution in [0.25, 0.3) is 0 Å². The summed E-state index contributed by atoms with van der Waals surface area (Å²) in [6, 6.07) is 0. The topological polar surface area (TPSA) is 42.4 Å². The Balaban J connectivity index is 2.30. The van der Waals surface area contributed by atoms with Gasteiger partial charge in [0.2, 0.25) is 0 Å². The zero-order valence-corrected chi connectivity index (χ0v) is 13.4. The zero-order valence-electron chi connectivity index (χ0n) is 12.6. The maximum atomic E-state index is 9.79.